The summed E-state index contributed by atoms with van der Waals surface area (Å²) in [6.45, 7) is 9.67. The molecule has 9 heteroatoms. The van der Waals surface area contributed by atoms with Gasteiger partial charge in [0.1, 0.15) is 0 Å². The van der Waals surface area contributed by atoms with Crippen molar-refractivity contribution in [2.45, 2.75) is 19.9 Å². The largest absolute Gasteiger partial charge is 0.378 e. The minimum absolute atomic E-state index is 0.111. The lowest BCUT2D eigenvalue weighted by atomic mass is 10.1. The van der Waals surface area contributed by atoms with Gasteiger partial charge in [0.25, 0.3) is 5.91 Å². The molecule has 0 saturated heterocycles. The Balaban J connectivity index is 1.47. The predicted molar refractivity (Wildman–Crippen MR) is 127 cm³/mol. The highest BCUT2D eigenvalue weighted by Gasteiger charge is 2.10. The first kappa shape index (κ1) is 26.9. The molecular weight excluding hydrogens is 424 g/mol. The van der Waals surface area contributed by atoms with Gasteiger partial charge in [-0.1, -0.05) is 12.1 Å². The predicted octanol–water partition coefficient (Wildman–Crippen LogP) is 1.82. The number of likely N-dealkylation sites (N-methyl/N-ethyl adjacent to an activating group) is 1. The minimum Gasteiger partial charge on any atom is -0.378 e. The van der Waals surface area contributed by atoms with Crippen LogP contribution in [0.2, 0.25) is 0 Å². The van der Waals surface area contributed by atoms with Crippen LogP contribution in [0.4, 0.5) is 0 Å². The summed E-state index contributed by atoms with van der Waals surface area (Å²) >= 11 is 0. The van der Waals surface area contributed by atoms with Crippen molar-refractivity contribution in [1.29, 1.82) is 0 Å². The van der Waals surface area contributed by atoms with Gasteiger partial charge in [0, 0.05) is 24.8 Å². The van der Waals surface area contributed by atoms with E-state index >= 15 is 0 Å². The smallest absolute Gasteiger partial charge is 0.251 e. The van der Waals surface area contributed by atoms with Crippen LogP contribution in [0, 0.1) is 6.92 Å². The molecule has 1 aromatic heterocycles. The Bertz CT molecular complexity index is 781. The average Bonchev–Trinajstić information content (AvgIpc) is 3.27. The Kier molecular flexibility index (Phi) is 13.3. The fraction of sp³-hybridized carbons (Fsp3) is 0.583. The maximum atomic E-state index is 12.3. The van der Waals surface area contributed by atoms with E-state index in [1.165, 1.54) is 0 Å². The molecule has 9 nitrogen and oxygen atoms in total. The molecule has 0 aliphatic carbocycles. The number of rotatable bonds is 18. The first-order chi connectivity index (χ1) is 16.1. The van der Waals surface area contributed by atoms with Gasteiger partial charge in [-0.05, 0) is 44.2 Å². The fourth-order valence-corrected chi connectivity index (χ4v) is 2.99. The lowest BCUT2D eigenvalue weighted by molar-refractivity contribution is -0.000942. The number of benzene rings is 1. The van der Waals surface area contributed by atoms with Crippen LogP contribution < -0.4 is 10.6 Å². The van der Waals surface area contributed by atoms with Gasteiger partial charge in [-0.2, -0.15) is 5.10 Å². The lowest BCUT2D eigenvalue weighted by Gasteiger charge is -2.13. The summed E-state index contributed by atoms with van der Waals surface area (Å²) in [4.78, 5) is 12.3. The molecule has 1 unspecified atom stereocenters. The molecule has 0 bridgehead atoms. The molecule has 1 atom stereocenters. The molecule has 0 aliphatic heterocycles. The van der Waals surface area contributed by atoms with Gasteiger partial charge in [0.2, 0.25) is 0 Å². The number of nitrogens with zero attached hydrogens (tertiary/aromatic N) is 2. The topological polar surface area (TPSA) is 95.9 Å². The number of ether oxygens (including phenoxy) is 4. The number of hydrogen-bond acceptors (Lipinski definition) is 7. The van der Waals surface area contributed by atoms with Gasteiger partial charge >= 0.3 is 0 Å². The van der Waals surface area contributed by atoms with E-state index in [1.54, 1.807) is 0 Å². The van der Waals surface area contributed by atoms with Crippen LogP contribution in [-0.2, 0) is 18.9 Å². The Morgan fingerprint density at radius 1 is 0.909 bits per heavy atom. The van der Waals surface area contributed by atoms with Gasteiger partial charge in [-0.3, -0.25) is 9.48 Å². The zero-order valence-electron chi connectivity index (χ0n) is 20.0. The third-order valence-electron chi connectivity index (χ3n) is 4.93. The van der Waals surface area contributed by atoms with Crippen LogP contribution in [0.1, 0.15) is 34.5 Å². The van der Waals surface area contributed by atoms with Gasteiger partial charge in [-0.25, -0.2) is 0 Å². The summed E-state index contributed by atoms with van der Waals surface area (Å²) < 4.78 is 23.6. The third-order valence-corrected chi connectivity index (χ3v) is 4.93. The first-order valence-corrected chi connectivity index (χ1v) is 11.5. The molecule has 1 heterocycles. The third kappa shape index (κ3) is 10.9. The molecule has 1 aromatic carbocycles. The van der Waals surface area contributed by atoms with E-state index in [-0.39, 0.29) is 11.9 Å². The molecule has 0 radical (unpaired) electrons. The van der Waals surface area contributed by atoms with Crippen molar-refractivity contribution in [3.05, 3.63) is 53.3 Å². The summed E-state index contributed by atoms with van der Waals surface area (Å²) in [5.74, 6) is -0.115. The second-order valence-electron chi connectivity index (χ2n) is 7.60. The van der Waals surface area contributed by atoms with E-state index in [1.807, 2.05) is 55.3 Å². The van der Waals surface area contributed by atoms with Gasteiger partial charge < -0.3 is 29.6 Å². The van der Waals surface area contributed by atoms with E-state index in [9.17, 15) is 4.79 Å². The van der Waals surface area contributed by atoms with Crippen molar-refractivity contribution in [1.82, 2.24) is 20.4 Å². The Labute approximate surface area is 196 Å². The van der Waals surface area contributed by atoms with Crippen molar-refractivity contribution < 1.29 is 23.7 Å². The molecule has 0 aliphatic rings. The quantitative estimate of drug-likeness (QED) is 0.326. The Morgan fingerprint density at radius 2 is 1.45 bits per heavy atom. The van der Waals surface area contributed by atoms with Crippen molar-refractivity contribution in [2.24, 2.45) is 0 Å². The molecule has 2 rings (SSSR count). The highest BCUT2D eigenvalue weighted by Crippen LogP contribution is 2.18. The number of aryl methyl sites for hydroxylation is 1. The summed E-state index contributed by atoms with van der Waals surface area (Å²) in [5.41, 5.74) is 2.84. The maximum Gasteiger partial charge on any atom is 0.251 e. The molecule has 0 spiro atoms. The normalized spacial score (nSPS) is 12.1. The molecule has 33 heavy (non-hydrogen) atoms. The fourth-order valence-electron chi connectivity index (χ4n) is 2.99. The van der Waals surface area contributed by atoms with Crippen molar-refractivity contribution in [2.75, 3.05) is 73.0 Å². The number of nitrogens with one attached hydrogen (secondary N) is 2. The van der Waals surface area contributed by atoms with Gasteiger partial charge in [0.05, 0.1) is 65.1 Å². The van der Waals surface area contributed by atoms with Crippen LogP contribution in [0.25, 0.3) is 0 Å². The van der Waals surface area contributed by atoms with Crippen LogP contribution in [0.5, 0.6) is 0 Å². The highest BCUT2D eigenvalue weighted by molar-refractivity contribution is 5.94. The van der Waals surface area contributed by atoms with Crippen LogP contribution in [0.15, 0.2) is 36.7 Å². The number of amides is 1. The highest BCUT2D eigenvalue weighted by atomic mass is 16.6. The van der Waals surface area contributed by atoms with Crippen LogP contribution in [-0.4, -0.2) is 88.7 Å². The van der Waals surface area contributed by atoms with Crippen molar-refractivity contribution in [3.8, 4) is 0 Å². The molecule has 0 fully saturated rings. The number of carbonyl (C=O) groups excluding carboxylic acids is 1. The average molecular weight is 463 g/mol. The molecule has 1 amide bonds. The molecule has 2 aromatic rings. The zero-order valence-corrected chi connectivity index (χ0v) is 20.0. The molecule has 2 N–H and O–H groups in total. The van der Waals surface area contributed by atoms with Crippen LogP contribution in [0.3, 0.4) is 0 Å². The van der Waals surface area contributed by atoms with Crippen LogP contribution >= 0.6 is 0 Å². The second-order valence-corrected chi connectivity index (χ2v) is 7.60. The Morgan fingerprint density at radius 3 is 1.97 bits per heavy atom. The molecule has 0 saturated carbocycles. The van der Waals surface area contributed by atoms with Crippen molar-refractivity contribution in [3.63, 3.8) is 0 Å². The van der Waals surface area contributed by atoms with E-state index < -0.39 is 0 Å². The standard InChI is InChI=1S/C24H38N4O5/c1-20-18-27-28(19-20)21(2)22-4-6-23(7-5-22)24(29)26-9-11-31-13-15-33-17-16-32-14-12-30-10-8-25-3/h4-7,18-19,21,25H,8-17H2,1-3H3,(H,26,29). The van der Waals surface area contributed by atoms with E-state index in [2.05, 4.69) is 22.7 Å². The number of carbonyl (C=O) groups is 1. The zero-order chi connectivity index (χ0) is 23.7. The van der Waals surface area contributed by atoms with E-state index in [0.717, 1.165) is 17.7 Å². The molecule has 184 valence electrons. The number of hydrogen-bond donors (Lipinski definition) is 2. The van der Waals surface area contributed by atoms with Gasteiger partial charge in [0.15, 0.2) is 0 Å². The summed E-state index contributed by atoms with van der Waals surface area (Å²) in [7, 11) is 1.89. The Hall–Kier alpha value is -2.30. The van der Waals surface area contributed by atoms with Gasteiger partial charge in [-0.15, -0.1) is 0 Å². The SMILES string of the molecule is CNCCOCCOCCOCCOCCNC(=O)c1ccc(C(C)n2cc(C)cn2)cc1. The second kappa shape index (κ2) is 16.3. The monoisotopic (exact) mass is 462 g/mol. The van der Waals surface area contributed by atoms with E-state index in [0.29, 0.717) is 65.0 Å². The first-order valence-electron chi connectivity index (χ1n) is 11.5. The van der Waals surface area contributed by atoms with Crippen molar-refractivity contribution >= 4 is 5.91 Å². The summed E-state index contributed by atoms with van der Waals surface area (Å²) in [6, 6.07) is 7.71. The number of aromatic nitrogens is 2. The summed E-state index contributed by atoms with van der Waals surface area (Å²) in [6.07, 6.45) is 3.85. The van der Waals surface area contributed by atoms with E-state index in [4.69, 9.17) is 18.9 Å². The molecular formula is C24H38N4O5. The lowest BCUT2D eigenvalue weighted by Crippen LogP contribution is -2.27. The maximum absolute atomic E-state index is 12.3. The minimum atomic E-state index is -0.115. The summed E-state index contributed by atoms with van der Waals surface area (Å²) in [5, 5.41) is 10.2.